The molecule has 0 saturated carbocycles. The van der Waals surface area contributed by atoms with Gasteiger partial charge >= 0.3 is 6.36 Å². The molecular formula is C17H25F3N4O. The number of hydrogen-bond donors (Lipinski definition) is 2. The molecule has 1 heterocycles. The SMILES string of the molecule is CC1CCCCN1CCCN=C(N)Nc1ccccc1OC(F)(F)F. The van der Waals surface area contributed by atoms with Crippen molar-refractivity contribution in [3.8, 4) is 5.75 Å². The van der Waals surface area contributed by atoms with Gasteiger partial charge in [0.1, 0.15) is 0 Å². The number of nitrogens with zero attached hydrogens (tertiary/aromatic N) is 2. The van der Waals surface area contributed by atoms with E-state index in [1.54, 1.807) is 6.07 Å². The van der Waals surface area contributed by atoms with Crippen LogP contribution in [0.4, 0.5) is 18.9 Å². The van der Waals surface area contributed by atoms with Gasteiger partial charge in [-0.25, -0.2) is 0 Å². The summed E-state index contributed by atoms with van der Waals surface area (Å²) in [5.74, 6) is -0.264. The maximum absolute atomic E-state index is 12.4. The molecule has 1 aromatic rings. The first kappa shape index (κ1) is 19.4. The normalized spacial score (nSPS) is 19.7. The van der Waals surface area contributed by atoms with Crippen molar-refractivity contribution in [2.75, 3.05) is 25.0 Å². The van der Waals surface area contributed by atoms with E-state index in [0.29, 0.717) is 12.6 Å². The van der Waals surface area contributed by atoms with Gasteiger partial charge in [0.15, 0.2) is 11.7 Å². The first-order valence-electron chi connectivity index (χ1n) is 8.51. The Morgan fingerprint density at radius 1 is 1.36 bits per heavy atom. The predicted molar refractivity (Wildman–Crippen MR) is 92.7 cm³/mol. The maximum Gasteiger partial charge on any atom is 0.573 e. The number of benzene rings is 1. The summed E-state index contributed by atoms with van der Waals surface area (Å²) < 4.78 is 41.2. The fraction of sp³-hybridized carbons (Fsp3) is 0.588. The molecule has 0 radical (unpaired) electrons. The topological polar surface area (TPSA) is 62.9 Å². The van der Waals surface area contributed by atoms with E-state index in [9.17, 15) is 13.2 Å². The number of aliphatic imine (C=N–C) groups is 1. The van der Waals surface area contributed by atoms with Crippen molar-refractivity contribution >= 4 is 11.6 Å². The summed E-state index contributed by atoms with van der Waals surface area (Å²) in [7, 11) is 0. The van der Waals surface area contributed by atoms with Crippen LogP contribution in [0.15, 0.2) is 29.3 Å². The van der Waals surface area contributed by atoms with Gasteiger partial charge in [-0.15, -0.1) is 13.2 Å². The number of guanidine groups is 1. The van der Waals surface area contributed by atoms with E-state index in [1.165, 1.54) is 37.5 Å². The molecule has 1 aliphatic rings. The van der Waals surface area contributed by atoms with Crippen LogP contribution >= 0.6 is 0 Å². The van der Waals surface area contributed by atoms with Crippen LogP contribution in [-0.2, 0) is 0 Å². The van der Waals surface area contributed by atoms with Crippen molar-refractivity contribution in [2.45, 2.75) is 45.0 Å². The van der Waals surface area contributed by atoms with E-state index >= 15 is 0 Å². The second-order valence-corrected chi connectivity index (χ2v) is 6.17. The molecule has 5 nitrogen and oxygen atoms in total. The van der Waals surface area contributed by atoms with Crippen LogP contribution in [0.3, 0.4) is 0 Å². The molecular weight excluding hydrogens is 333 g/mol. The molecule has 1 saturated heterocycles. The Balaban J connectivity index is 1.83. The van der Waals surface area contributed by atoms with E-state index < -0.39 is 6.36 Å². The molecule has 1 aromatic carbocycles. The van der Waals surface area contributed by atoms with Gasteiger partial charge in [-0.3, -0.25) is 4.99 Å². The Hall–Kier alpha value is -1.96. The van der Waals surface area contributed by atoms with Crippen molar-refractivity contribution in [1.29, 1.82) is 0 Å². The second kappa shape index (κ2) is 8.94. The lowest BCUT2D eigenvalue weighted by Crippen LogP contribution is -2.38. The highest BCUT2D eigenvalue weighted by Crippen LogP contribution is 2.29. The van der Waals surface area contributed by atoms with E-state index in [2.05, 4.69) is 26.9 Å². The van der Waals surface area contributed by atoms with Crippen molar-refractivity contribution in [2.24, 2.45) is 10.7 Å². The third-order valence-corrected chi connectivity index (χ3v) is 4.20. The zero-order valence-corrected chi connectivity index (χ0v) is 14.4. The van der Waals surface area contributed by atoms with Gasteiger partial charge in [-0.2, -0.15) is 0 Å². The van der Waals surface area contributed by atoms with Gasteiger partial charge in [0.25, 0.3) is 0 Å². The van der Waals surface area contributed by atoms with Gasteiger partial charge in [0, 0.05) is 19.1 Å². The third-order valence-electron chi connectivity index (χ3n) is 4.20. The highest BCUT2D eigenvalue weighted by molar-refractivity contribution is 5.93. The monoisotopic (exact) mass is 358 g/mol. The summed E-state index contributed by atoms with van der Waals surface area (Å²) >= 11 is 0. The fourth-order valence-electron chi connectivity index (χ4n) is 2.92. The molecule has 1 unspecified atom stereocenters. The largest absolute Gasteiger partial charge is 0.573 e. The lowest BCUT2D eigenvalue weighted by molar-refractivity contribution is -0.274. The molecule has 0 bridgehead atoms. The molecule has 0 spiro atoms. The number of nitrogens with two attached hydrogens (primary N) is 1. The van der Waals surface area contributed by atoms with Crippen LogP contribution < -0.4 is 15.8 Å². The van der Waals surface area contributed by atoms with E-state index in [0.717, 1.165) is 19.5 Å². The average Bonchev–Trinajstić information content (AvgIpc) is 2.54. The van der Waals surface area contributed by atoms with Gasteiger partial charge < -0.3 is 20.7 Å². The summed E-state index contributed by atoms with van der Waals surface area (Å²) in [6, 6.07) is 6.33. The molecule has 0 amide bonds. The zero-order chi connectivity index (χ0) is 18.3. The van der Waals surface area contributed by atoms with Crippen LogP contribution in [0.1, 0.15) is 32.6 Å². The number of halogens is 3. The smallest absolute Gasteiger partial charge is 0.404 e. The minimum Gasteiger partial charge on any atom is -0.404 e. The minimum atomic E-state index is -4.76. The quantitative estimate of drug-likeness (QED) is 0.464. The summed E-state index contributed by atoms with van der Waals surface area (Å²) in [5, 5.41) is 2.67. The summed E-state index contributed by atoms with van der Waals surface area (Å²) in [6.07, 6.45) is -0.162. The number of nitrogens with one attached hydrogen (secondary N) is 1. The van der Waals surface area contributed by atoms with Crippen LogP contribution in [0, 0.1) is 0 Å². The van der Waals surface area contributed by atoms with Gasteiger partial charge in [0.2, 0.25) is 0 Å². The molecule has 1 atom stereocenters. The number of anilines is 1. The van der Waals surface area contributed by atoms with Crippen molar-refractivity contribution in [3.05, 3.63) is 24.3 Å². The fourth-order valence-corrected chi connectivity index (χ4v) is 2.92. The molecule has 0 aliphatic carbocycles. The van der Waals surface area contributed by atoms with Crippen molar-refractivity contribution in [1.82, 2.24) is 4.90 Å². The Morgan fingerprint density at radius 2 is 2.12 bits per heavy atom. The Bertz CT molecular complexity index is 577. The molecule has 8 heteroatoms. The number of para-hydroxylation sites is 2. The predicted octanol–water partition coefficient (Wildman–Crippen LogP) is 3.58. The number of hydrogen-bond acceptors (Lipinski definition) is 3. The Kier molecular flexibility index (Phi) is 6.92. The number of rotatable bonds is 6. The molecule has 2 rings (SSSR count). The lowest BCUT2D eigenvalue weighted by atomic mass is 10.0. The summed E-state index contributed by atoms with van der Waals surface area (Å²) in [4.78, 5) is 6.63. The number of piperidine rings is 1. The Morgan fingerprint density at radius 3 is 2.84 bits per heavy atom. The molecule has 140 valence electrons. The zero-order valence-electron chi connectivity index (χ0n) is 14.4. The Labute approximate surface area is 146 Å². The third kappa shape index (κ3) is 6.81. The number of likely N-dealkylation sites (tertiary alicyclic amines) is 1. The first-order valence-corrected chi connectivity index (χ1v) is 8.51. The van der Waals surface area contributed by atoms with Crippen LogP contribution in [0.25, 0.3) is 0 Å². The van der Waals surface area contributed by atoms with E-state index in [4.69, 9.17) is 5.73 Å². The van der Waals surface area contributed by atoms with Crippen LogP contribution in [0.5, 0.6) is 5.75 Å². The van der Waals surface area contributed by atoms with Crippen molar-refractivity contribution in [3.63, 3.8) is 0 Å². The second-order valence-electron chi connectivity index (χ2n) is 6.17. The van der Waals surface area contributed by atoms with Gasteiger partial charge in [0.05, 0.1) is 5.69 Å². The van der Waals surface area contributed by atoms with E-state index in [1.807, 2.05) is 0 Å². The van der Waals surface area contributed by atoms with Crippen LogP contribution in [0.2, 0.25) is 0 Å². The summed E-state index contributed by atoms with van der Waals surface area (Å²) in [5.41, 5.74) is 5.90. The van der Waals surface area contributed by atoms with Crippen LogP contribution in [-0.4, -0.2) is 42.9 Å². The number of alkyl halides is 3. The molecule has 1 aliphatic heterocycles. The molecule has 0 aromatic heterocycles. The maximum atomic E-state index is 12.4. The highest BCUT2D eigenvalue weighted by Gasteiger charge is 2.32. The van der Waals surface area contributed by atoms with E-state index in [-0.39, 0.29) is 17.4 Å². The lowest BCUT2D eigenvalue weighted by Gasteiger charge is -2.33. The van der Waals surface area contributed by atoms with Gasteiger partial charge in [-0.05, 0) is 44.9 Å². The number of ether oxygens (including phenoxy) is 1. The summed E-state index contributed by atoms with van der Waals surface area (Å²) in [6.45, 7) is 4.81. The molecule has 1 fully saturated rings. The standard InChI is InChI=1S/C17H25F3N4O/c1-13-7-4-5-11-24(13)12-6-10-22-16(21)23-14-8-2-3-9-15(14)25-17(18,19)20/h2-3,8-9,13H,4-7,10-12H2,1H3,(H3,21,22,23). The first-order chi connectivity index (χ1) is 11.8. The molecule has 25 heavy (non-hydrogen) atoms. The van der Waals surface area contributed by atoms with Gasteiger partial charge in [-0.1, -0.05) is 18.6 Å². The average molecular weight is 358 g/mol. The highest BCUT2D eigenvalue weighted by atomic mass is 19.4. The molecule has 3 N–H and O–H groups in total. The minimum absolute atomic E-state index is 0.0740. The van der Waals surface area contributed by atoms with Crippen molar-refractivity contribution < 1.29 is 17.9 Å².